The lowest BCUT2D eigenvalue weighted by Gasteiger charge is -2.11. The molecule has 0 aliphatic carbocycles. The molecule has 23 heavy (non-hydrogen) atoms. The van der Waals surface area contributed by atoms with Crippen molar-refractivity contribution in [3.05, 3.63) is 59.1 Å². The molecule has 0 fully saturated rings. The molecular formula is C16H14ClN3O2S. The number of thiophene rings is 1. The van der Waals surface area contributed by atoms with E-state index in [0.29, 0.717) is 12.2 Å². The monoisotopic (exact) mass is 347 g/mol. The van der Waals surface area contributed by atoms with E-state index in [9.17, 15) is 9.59 Å². The summed E-state index contributed by atoms with van der Waals surface area (Å²) < 4.78 is 2.96. The minimum absolute atomic E-state index is 0.208. The highest BCUT2D eigenvalue weighted by Crippen LogP contribution is 2.26. The third-order valence-electron chi connectivity index (χ3n) is 3.38. The molecule has 0 bridgehead atoms. The van der Waals surface area contributed by atoms with E-state index in [0.717, 1.165) is 15.8 Å². The Morgan fingerprint density at radius 3 is 2.65 bits per heavy atom. The number of aromatic nitrogens is 1. The number of halogens is 1. The zero-order valence-corrected chi connectivity index (χ0v) is 13.7. The lowest BCUT2D eigenvalue weighted by Crippen LogP contribution is -2.42. The number of benzene rings is 1. The van der Waals surface area contributed by atoms with Crippen LogP contribution in [-0.4, -0.2) is 22.3 Å². The Labute approximate surface area is 141 Å². The van der Waals surface area contributed by atoms with Crippen molar-refractivity contribution in [3.63, 3.8) is 0 Å². The topological polar surface area (TPSA) is 63.1 Å². The predicted octanol–water partition coefficient (Wildman–Crippen LogP) is 2.75. The number of fused-ring (bicyclic) bond motifs is 1. The highest BCUT2D eigenvalue weighted by molar-refractivity contribution is 7.17. The molecule has 0 saturated heterocycles. The fourth-order valence-electron chi connectivity index (χ4n) is 2.33. The van der Waals surface area contributed by atoms with Crippen LogP contribution in [0.1, 0.15) is 16.1 Å². The molecular weight excluding hydrogens is 334 g/mol. The van der Waals surface area contributed by atoms with Gasteiger partial charge in [-0.3, -0.25) is 20.4 Å². The molecule has 0 atom stereocenters. The summed E-state index contributed by atoms with van der Waals surface area (Å²) in [5.41, 5.74) is 7.24. The largest absolute Gasteiger partial charge is 0.331 e. The summed E-state index contributed by atoms with van der Waals surface area (Å²) in [6.45, 7) is 0.577. The summed E-state index contributed by atoms with van der Waals surface area (Å²) in [7, 11) is 0. The van der Waals surface area contributed by atoms with Crippen LogP contribution in [0.2, 0.25) is 0 Å². The van der Waals surface area contributed by atoms with Gasteiger partial charge in [-0.25, -0.2) is 0 Å². The van der Waals surface area contributed by atoms with Crippen LogP contribution >= 0.6 is 22.9 Å². The van der Waals surface area contributed by atoms with Gasteiger partial charge in [0.1, 0.15) is 11.6 Å². The number of carbonyl (C=O) groups excluding carboxylic acids is 2. The molecule has 3 rings (SSSR count). The molecule has 5 nitrogen and oxygen atoms in total. The third kappa shape index (κ3) is 3.38. The molecule has 2 heterocycles. The fraction of sp³-hybridized carbons (Fsp3) is 0.125. The highest BCUT2D eigenvalue weighted by Gasteiger charge is 2.17. The second-order valence-corrected chi connectivity index (χ2v) is 6.12. The molecule has 2 N–H and O–H groups in total. The fourth-order valence-corrected chi connectivity index (χ4v) is 3.21. The summed E-state index contributed by atoms with van der Waals surface area (Å²) in [5.74, 6) is -1.04. The maximum Gasteiger partial charge on any atom is 0.286 e. The Kier molecular flexibility index (Phi) is 4.64. The van der Waals surface area contributed by atoms with Crippen molar-refractivity contribution in [2.24, 2.45) is 0 Å². The van der Waals surface area contributed by atoms with Gasteiger partial charge < -0.3 is 4.57 Å². The first-order valence-electron chi connectivity index (χ1n) is 6.95. The smallest absolute Gasteiger partial charge is 0.286 e. The molecule has 3 aromatic rings. The van der Waals surface area contributed by atoms with Gasteiger partial charge >= 0.3 is 0 Å². The van der Waals surface area contributed by atoms with Crippen LogP contribution < -0.4 is 10.9 Å². The number of amides is 2. The van der Waals surface area contributed by atoms with Crippen LogP contribution in [-0.2, 0) is 11.3 Å². The van der Waals surface area contributed by atoms with E-state index in [4.69, 9.17) is 11.6 Å². The molecule has 7 heteroatoms. The highest BCUT2D eigenvalue weighted by atomic mass is 35.5. The van der Waals surface area contributed by atoms with Gasteiger partial charge in [-0.15, -0.1) is 22.9 Å². The van der Waals surface area contributed by atoms with Crippen molar-refractivity contribution in [1.82, 2.24) is 15.4 Å². The van der Waals surface area contributed by atoms with Crippen molar-refractivity contribution < 1.29 is 9.59 Å². The van der Waals surface area contributed by atoms with Crippen molar-refractivity contribution in [3.8, 4) is 0 Å². The quantitative estimate of drug-likeness (QED) is 0.563. The summed E-state index contributed by atoms with van der Waals surface area (Å²) >= 11 is 6.97. The Hall–Kier alpha value is -2.31. The standard InChI is InChI=1S/C16H14ClN3O2S/c17-9-15(21)18-19-16(22)13-8-14-12(6-7-23-14)20(13)10-11-4-2-1-3-5-11/h1-8H,9-10H2,(H,18,21)(H,19,22). The van der Waals surface area contributed by atoms with E-state index in [1.807, 2.05) is 52.4 Å². The maximum atomic E-state index is 12.4. The average molecular weight is 348 g/mol. The summed E-state index contributed by atoms with van der Waals surface area (Å²) in [6.07, 6.45) is 0. The van der Waals surface area contributed by atoms with Crippen molar-refractivity contribution in [1.29, 1.82) is 0 Å². The number of carbonyl (C=O) groups is 2. The van der Waals surface area contributed by atoms with Crippen molar-refractivity contribution in [2.75, 3.05) is 5.88 Å². The van der Waals surface area contributed by atoms with E-state index in [-0.39, 0.29) is 11.8 Å². The van der Waals surface area contributed by atoms with Gasteiger partial charge in [0.25, 0.3) is 11.8 Å². The van der Waals surface area contributed by atoms with Crippen LogP contribution in [0, 0.1) is 0 Å². The molecule has 118 valence electrons. The number of alkyl halides is 1. The van der Waals surface area contributed by atoms with Crippen molar-refractivity contribution in [2.45, 2.75) is 6.54 Å². The van der Waals surface area contributed by atoms with E-state index >= 15 is 0 Å². The van der Waals surface area contributed by atoms with Crippen LogP contribution in [0.15, 0.2) is 47.8 Å². The van der Waals surface area contributed by atoms with E-state index < -0.39 is 5.91 Å². The van der Waals surface area contributed by atoms with E-state index in [1.54, 1.807) is 11.3 Å². The number of hydrazine groups is 1. The molecule has 0 unspecified atom stereocenters. The normalized spacial score (nSPS) is 10.7. The summed E-state index contributed by atoms with van der Waals surface area (Å²) in [6, 6.07) is 13.7. The molecule has 0 saturated carbocycles. The average Bonchev–Trinajstić information content (AvgIpc) is 3.16. The van der Waals surface area contributed by atoms with Gasteiger partial charge in [0.2, 0.25) is 0 Å². The van der Waals surface area contributed by atoms with Crippen LogP contribution in [0.3, 0.4) is 0 Å². The van der Waals surface area contributed by atoms with Gasteiger partial charge in [0, 0.05) is 6.54 Å². The number of nitrogens with one attached hydrogen (secondary N) is 2. The first kappa shape index (κ1) is 15.6. The Bertz CT molecular complexity index is 842. The SMILES string of the molecule is O=C(CCl)NNC(=O)c1cc2sccc2n1Cc1ccccc1. The van der Waals surface area contributed by atoms with Crippen LogP contribution in [0.5, 0.6) is 0 Å². The zero-order chi connectivity index (χ0) is 16.2. The van der Waals surface area contributed by atoms with E-state index in [2.05, 4.69) is 10.9 Å². The number of hydrogen-bond acceptors (Lipinski definition) is 3. The van der Waals surface area contributed by atoms with Gasteiger partial charge in [0.15, 0.2) is 0 Å². The predicted molar refractivity (Wildman–Crippen MR) is 91.7 cm³/mol. The minimum atomic E-state index is -0.456. The molecule has 2 amide bonds. The van der Waals surface area contributed by atoms with Gasteiger partial charge in [-0.2, -0.15) is 0 Å². The Morgan fingerprint density at radius 1 is 1.13 bits per heavy atom. The second-order valence-electron chi connectivity index (χ2n) is 4.91. The van der Waals surface area contributed by atoms with Crippen LogP contribution in [0.25, 0.3) is 10.2 Å². The zero-order valence-electron chi connectivity index (χ0n) is 12.1. The lowest BCUT2D eigenvalue weighted by atomic mass is 10.2. The molecule has 0 aliphatic heterocycles. The van der Waals surface area contributed by atoms with Crippen LogP contribution in [0.4, 0.5) is 0 Å². The number of rotatable bonds is 4. The molecule has 0 radical (unpaired) electrons. The third-order valence-corrected chi connectivity index (χ3v) is 4.47. The first-order valence-corrected chi connectivity index (χ1v) is 8.36. The first-order chi connectivity index (χ1) is 11.2. The van der Waals surface area contributed by atoms with Gasteiger partial charge in [-0.05, 0) is 23.1 Å². The van der Waals surface area contributed by atoms with E-state index in [1.165, 1.54) is 0 Å². The maximum absolute atomic E-state index is 12.4. The summed E-state index contributed by atoms with van der Waals surface area (Å²) in [5, 5.41) is 1.99. The Morgan fingerprint density at radius 2 is 1.91 bits per heavy atom. The number of nitrogens with zero attached hydrogens (tertiary/aromatic N) is 1. The molecule has 2 aromatic heterocycles. The van der Waals surface area contributed by atoms with Gasteiger partial charge in [0.05, 0.1) is 10.2 Å². The molecule has 0 spiro atoms. The Balaban J connectivity index is 1.90. The second kappa shape index (κ2) is 6.85. The number of hydrogen-bond donors (Lipinski definition) is 2. The lowest BCUT2D eigenvalue weighted by molar-refractivity contribution is -0.119. The van der Waals surface area contributed by atoms with Crippen molar-refractivity contribution >= 4 is 45.0 Å². The molecule has 1 aromatic carbocycles. The molecule has 0 aliphatic rings. The summed E-state index contributed by atoms with van der Waals surface area (Å²) in [4.78, 5) is 23.5. The van der Waals surface area contributed by atoms with Gasteiger partial charge in [-0.1, -0.05) is 30.3 Å². The minimum Gasteiger partial charge on any atom is -0.331 e.